The fourth-order valence-corrected chi connectivity index (χ4v) is 3.53. The summed E-state index contributed by atoms with van der Waals surface area (Å²) in [4.78, 5) is 4.49. The molecule has 2 heterocycles. The molecule has 27 heavy (non-hydrogen) atoms. The van der Waals surface area contributed by atoms with Gasteiger partial charge in [-0.3, -0.25) is 4.98 Å². The van der Waals surface area contributed by atoms with E-state index in [1.165, 1.54) is 5.56 Å². The summed E-state index contributed by atoms with van der Waals surface area (Å²) >= 11 is 0. The highest BCUT2D eigenvalue weighted by Gasteiger charge is 2.18. The zero-order valence-corrected chi connectivity index (χ0v) is 14.7. The van der Waals surface area contributed by atoms with Crippen LogP contribution in [0.3, 0.4) is 0 Å². The molecule has 0 bridgehead atoms. The van der Waals surface area contributed by atoms with Crippen molar-refractivity contribution < 1.29 is 4.42 Å². The molecule has 2 nitrogen and oxygen atoms in total. The van der Waals surface area contributed by atoms with Crippen molar-refractivity contribution >= 4 is 10.8 Å². The van der Waals surface area contributed by atoms with Crippen LogP contribution < -0.4 is 0 Å². The lowest BCUT2D eigenvalue weighted by molar-refractivity contribution is 0.600. The number of benzene rings is 3. The molecule has 0 aliphatic heterocycles. The highest BCUT2D eigenvalue weighted by molar-refractivity contribution is 6.04. The van der Waals surface area contributed by atoms with Gasteiger partial charge < -0.3 is 4.42 Å². The molecule has 0 spiro atoms. The Labute approximate surface area is 157 Å². The van der Waals surface area contributed by atoms with Gasteiger partial charge in [0.2, 0.25) is 0 Å². The van der Waals surface area contributed by atoms with Crippen LogP contribution >= 0.6 is 0 Å². The average molecular weight is 347 g/mol. The van der Waals surface area contributed by atoms with E-state index in [4.69, 9.17) is 4.42 Å². The molecule has 0 aliphatic carbocycles. The van der Waals surface area contributed by atoms with Crippen molar-refractivity contribution in [2.45, 2.75) is 0 Å². The number of hydrogen-bond acceptors (Lipinski definition) is 2. The molecule has 0 aliphatic rings. The Bertz CT molecular complexity index is 1210. The van der Waals surface area contributed by atoms with Crippen LogP contribution in [0.1, 0.15) is 0 Å². The smallest absolute Gasteiger partial charge is 0.161 e. The van der Waals surface area contributed by atoms with E-state index >= 15 is 0 Å². The minimum Gasteiger partial charge on any atom is -0.453 e. The molecule has 128 valence electrons. The number of aromatic nitrogens is 1. The first-order chi connectivity index (χ1) is 13.4. The second kappa shape index (κ2) is 6.58. The van der Waals surface area contributed by atoms with Crippen molar-refractivity contribution in [3.63, 3.8) is 0 Å². The van der Waals surface area contributed by atoms with Gasteiger partial charge in [0.05, 0.1) is 0 Å². The van der Waals surface area contributed by atoms with Crippen molar-refractivity contribution in [1.29, 1.82) is 0 Å². The minimum atomic E-state index is 0.809. The summed E-state index contributed by atoms with van der Waals surface area (Å²) in [5.74, 6) is 1.69. The summed E-state index contributed by atoms with van der Waals surface area (Å²) in [7, 11) is 0. The number of fused-ring (bicyclic) bond motifs is 1. The molecule has 2 aromatic heterocycles. The Hall–Kier alpha value is -3.65. The highest BCUT2D eigenvalue weighted by Crippen LogP contribution is 2.41. The van der Waals surface area contributed by atoms with Crippen molar-refractivity contribution in [2.24, 2.45) is 0 Å². The number of rotatable bonds is 3. The largest absolute Gasteiger partial charge is 0.453 e. The van der Waals surface area contributed by atoms with Crippen molar-refractivity contribution in [2.75, 3.05) is 0 Å². The van der Waals surface area contributed by atoms with Crippen LogP contribution in [0.25, 0.3) is 44.7 Å². The summed E-state index contributed by atoms with van der Waals surface area (Å²) in [6, 6.07) is 33.0. The predicted octanol–water partition coefficient (Wildman–Crippen LogP) is 6.83. The average Bonchev–Trinajstić information content (AvgIpc) is 3.15. The van der Waals surface area contributed by atoms with E-state index in [1.807, 2.05) is 30.3 Å². The Morgan fingerprint density at radius 1 is 0.519 bits per heavy atom. The van der Waals surface area contributed by atoms with Gasteiger partial charge in [0.25, 0.3) is 0 Å². The van der Waals surface area contributed by atoms with E-state index in [9.17, 15) is 0 Å². The third-order valence-corrected chi connectivity index (χ3v) is 4.77. The maximum Gasteiger partial charge on any atom is 0.161 e. The van der Waals surface area contributed by atoms with Crippen LogP contribution in [0, 0.1) is 0 Å². The second-order valence-electron chi connectivity index (χ2n) is 6.43. The van der Waals surface area contributed by atoms with E-state index in [-0.39, 0.29) is 0 Å². The molecule has 0 saturated heterocycles. The molecule has 5 rings (SSSR count). The van der Waals surface area contributed by atoms with Gasteiger partial charge in [-0.25, -0.2) is 0 Å². The van der Waals surface area contributed by atoms with Gasteiger partial charge in [-0.05, 0) is 23.3 Å². The Balaban J connectivity index is 1.79. The highest BCUT2D eigenvalue weighted by atomic mass is 16.3. The first-order valence-corrected chi connectivity index (χ1v) is 8.99. The normalized spacial score (nSPS) is 11.0. The predicted molar refractivity (Wildman–Crippen MR) is 110 cm³/mol. The Kier molecular flexibility index (Phi) is 3.80. The number of pyridine rings is 1. The van der Waals surface area contributed by atoms with Gasteiger partial charge in [0.15, 0.2) is 5.76 Å². The van der Waals surface area contributed by atoms with E-state index < -0.39 is 0 Å². The summed E-state index contributed by atoms with van der Waals surface area (Å²) in [6.07, 6.45) is 1.80. The van der Waals surface area contributed by atoms with Crippen molar-refractivity contribution in [3.05, 3.63) is 103 Å². The molecule has 3 aromatic carbocycles. The van der Waals surface area contributed by atoms with Gasteiger partial charge in [-0.15, -0.1) is 0 Å². The summed E-state index contributed by atoms with van der Waals surface area (Å²) in [5, 5.41) is 2.18. The van der Waals surface area contributed by atoms with Gasteiger partial charge in [0, 0.05) is 22.5 Å². The molecule has 2 heteroatoms. The van der Waals surface area contributed by atoms with Crippen LogP contribution in [-0.2, 0) is 0 Å². The number of hydrogen-bond donors (Lipinski definition) is 0. The van der Waals surface area contributed by atoms with Crippen molar-refractivity contribution in [3.8, 4) is 33.9 Å². The molecule has 0 amide bonds. The lowest BCUT2D eigenvalue weighted by atomic mass is 9.96. The Morgan fingerprint density at radius 2 is 1.15 bits per heavy atom. The lowest BCUT2D eigenvalue weighted by Gasteiger charge is -2.08. The molecule has 0 fully saturated rings. The molecular weight excluding hydrogens is 330 g/mol. The van der Waals surface area contributed by atoms with Gasteiger partial charge in [-0.2, -0.15) is 0 Å². The molecule has 0 unspecified atom stereocenters. The van der Waals surface area contributed by atoms with E-state index in [1.54, 1.807) is 6.20 Å². The van der Waals surface area contributed by atoms with E-state index in [2.05, 4.69) is 71.7 Å². The lowest BCUT2D eigenvalue weighted by Crippen LogP contribution is -1.83. The third kappa shape index (κ3) is 2.72. The van der Waals surface area contributed by atoms with E-state index in [0.717, 1.165) is 39.1 Å². The second-order valence-corrected chi connectivity index (χ2v) is 6.43. The standard InChI is InChI=1S/C25H17NO/c1-2-10-18(11-3-1)19-12-4-5-13-20(19)24-21-14-6-7-15-22(21)25(27-24)23-16-8-9-17-26-23/h1-17H. The summed E-state index contributed by atoms with van der Waals surface area (Å²) in [5.41, 5.74) is 4.26. The SMILES string of the molecule is c1ccc(-c2ccccc2-c2oc(-c3ccccn3)c3ccccc23)cc1. The summed E-state index contributed by atoms with van der Waals surface area (Å²) in [6.45, 7) is 0. The number of furan rings is 1. The fraction of sp³-hybridized carbons (Fsp3) is 0. The third-order valence-electron chi connectivity index (χ3n) is 4.77. The zero-order chi connectivity index (χ0) is 18.1. The fourth-order valence-electron chi connectivity index (χ4n) is 3.53. The van der Waals surface area contributed by atoms with Crippen LogP contribution in [0.5, 0.6) is 0 Å². The first kappa shape index (κ1) is 15.6. The van der Waals surface area contributed by atoms with Crippen LogP contribution in [0.15, 0.2) is 108 Å². The van der Waals surface area contributed by atoms with Crippen LogP contribution in [-0.4, -0.2) is 4.98 Å². The number of nitrogens with zero attached hydrogens (tertiary/aromatic N) is 1. The van der Waals surface area contributed by atoms with Crippen LogP contribution in [0.2, 0.25) is 0 Å². The Morgan fingerprint density at radius 3 is 1.89 bits per heavy atom. The summed E-state index contributed by atoms with van der Waals surface area (Å²) < 4.78 is 6.44. The minimum absolute atomic E-state index is 0.809. The molecule has 0 radical (unpaired) electrons. The zero-order valence-electron chi connectivity index (χ0n) is 14.7. The van der Waals surface area contributed by atoms with Crippen LogP contribution in [0.4, 0.5) is 0 Å². The van der Waals surface area contributed by atoms with E-state index in [0.29, 0.717) is 0 Å². The maximum atomic E-state index is 6.44. The maximum absolute atomic E-state index is 6.44. The first-order valence-electron chi connectivity index (χ1n) is 8.99. The topological polar surface area (TPSA) is 26.0 Å². The monoisotopic (exact) mass is 347 g/mol. The van der Waals surface area contributed by atoms with Gasteiger partial charge in [-0.1, -0.05) is 84.9 Å². The molecule has 0 saturated carbocycles. The molecule has 0 N–H and O–H groups in total. The van der Waals surface area contributed by atoms with Gasteiger partial charge >= 0.3 is 0 Å². The molecule has 0 atom stereocenters. The molecule has 5 aromatic rings. The quantitative estimate of drug-likeness (QED) is 0.357. The van der Waals surface area contributed by atoms with Crippen molar-refractivity contribution in [1.82, 2.24) is 4.98 Å². The molecular formula is C25H17NO. The van der Waals surface area contributed by atoms with Gasteiger partial charge in [0.1, 0.15) is 11.5 Å².